The Kier molecular flexibility index (Phi) is 5.60. The highest BCUT2D eigenvalue weighted by Gasteiger charge is 2.18. The molecule has 1 aromatic heterocycles. The predicted octanol–water partition coefficient (Wildman–Crippen LogP) is 3.26. The van der Waals surface area contributed by atoms with Gasteiger partial charge in [0.05, 0.1) is 0 Å². The minimum atomic E-state index is -0.964. The molecule has 1 atom stereocenters. The van der Waals surface area contributed by atoms with Gasteiger partial charge in [0.15, 0.2) is 5.13 Å². The largest absolute Gasteiger partial charge is 0.481 e. The number of nitrogens with one attached hydrogen (secondary N) is 1. The lowest BCUT2D eigenvalue weighted by molar-refractivity contribution is -0.137. The fourth-order valence-electron chi connectivity index (χ4n) is 1.95. The molecule has 0 radical (unpaired) electrons. The van der Waals surface area contributed by atoms with Crippen LogP contribution in [0.15, 0.2) is 24.3 Å². The number of benzene rings is 1. The van der Waals surface area contributed by atoms with Crippen LogP contribution in [0.25, 0.3) is 11.3 Å². The summed E-state index contributed by atoms with van der Waals surface area (Å²) in [6.07, 6.45) is 0.110. The number of carboxylic acid groups (broad SMARTS) is 1. The van der Waals surface area contributed by atoms with Crippen molar-refractivity contribution in [3.8, 4) is 17.3 Å². The van der Waals surface area contributed by atoms with Gasteiger partial charge >= 0.3 is 5.97 Å². The molecule has 8 heteroatoms. The van der Waals surface area contributed by atoms with Crippen LogP contribution in [-0.4, -0.2) is 22.0 Å². The van der Waals surface area contributed by atoms with E-state index < -0.39 is 17.7 Å². The van der Waals surface area contributed by atoms with Crippen molar-refractivity contribution in [3.63, 3.8) is 0 Å². The van der Waals surface area contributed by atoms with E-state index in [0.29, 0.717) is 16.1 Å². The van der Waals surface area contributed by atoms with Crippen molar-refractivity contribution >= 4 is 28.3 Å². The number of hydrogen-bond acceptors (Lipinski definition) is 5. The van der Waals surface area contributed by atoms with E-state index >= 15 is 0 Å². The lowest BCUT2D eigenvalue weighted by Gasteiger charge is -2.08. The van der Waals surface area contributed by atoms with Gasteiger partial charge in [-0.3, -0.25) is 9.59 Å². The van der Waals surface area contributed by atoms with E-state index in [2.05, 4.69) is 10.3 Å². The quantitative estimate of drug-likeness (QED) is 0.835. The Hall–Kier alpha value is -2.79. The van der Waals surface area contributed by atoms with Crippen LogP contribution in [0, 0.1) is 23.1 Å². The highest BCUT2D eigenvalue weighted by Crippen LogP contribution is 2.31. The predicted molar refractivity (Wildman–Crippen MR) is 86.9 cm³/mol. The molecule has 0 aliphatic heterocycles. The molecule has 0 fully saturated rings. The van der Waals surface area contributed by atoms with Crippen molar-refractivity contribution in [2.24, 2.45) is 5.92 Å². The van der Waals surface area contributed by atoms with Crippen LogP contribution in [0.3, 0.4) is 0 Å². The molecule has 0 unspecified atom stereocenters. The number of aliphatic carboxylic acids is 1. The minimum absolute atomic E-state index is 0.100. The Morgan fingerprint density at radius 1 is 1.42 bits per heavy atom. The summed E-state index contributed by atoms with van der Waals surface area (Å²) in [5.74, 6) is -2.22. The molecule has 1 amide bonds. The number of rotatable bonds is 6. The number of nitriles is 1. The Balaban J connectivity index is 2.15. The third-order valence-corrected chi connectivity index (χ3v) is 4.19. The second-order valence-corrected chi connectivity index (χ2v) is 6.14. The Morgan fingerprint density at radius 2 is 2.08 bits per heavy atom. The van der Waals surface area contributed by atoms with Crippen molar-refractivity contribution in [2.75, 3.05) is 5.32 Å². The van der Waals surface area contributed by atoms with Crippen LogP contribution in [0.4, 0.5) is 9.52 Å². The smallest absolute Gasteiger partial charge is 0.303 e. The molecule has 6 nitrogen and oxygen atoms in total. The maximum atomic E-state index is 13.0. The molecule has 2 aromatic rings. The second kappa shape index (κ2) is 7.66. The molecular formula is C16H14FN3O3S. The van der Waals surface area contributed by atoms with E-state index in [1.54, 1.807) is 6.92 Å². The fourth-order valence-corrected chi connectivity index (χ4v) is 2.74. The van der Waals surface area contributed by atoms with Gasteiger partial charge in [0.25, 0.3) is 0 Å². The van der Waals surface area contributed by atoms with Gasteiger partial charge in [0.2, 0.25) is 5.91 Å². The zero-order valence-electron chi connectivity index (χ0n) is 12.7. The molecule has 1 aromatic carbocycles. The third kappa shape index (κ3) is 4.36. The molecule has 0 aliphatic carbocycles. The van der Waals surface area contributed by atoms with Crippen molar-refractivity contribution in [1.82, 2.24) is 4.98 Å². The summed E-state index contributed by atoms with van der Waals surface area (Å²) in [5, 5.41) is 20.7. The zero-order chi connectivity index (χ0) is 17.7. The molecule has 124 valence electrons. The number of thiazole rings is 1. The number of amides is 1. The van der Waals surface area contributed by atoms with E-state index in [9.17, 15) is 19.2 Å². The average Bonchev–Trinajstić information content (AvgIpc) is 2.96. The van der Waals surface area contributed by atoms with Crippen molar-refractivity contribution in [3.05, 3.63) is 35.0 Å². The molecule has 0 aliphatic rings. The molecule has 2 N–H and O–H groups in total. The lowest BCUT2D eigenvalue weighted by atomic mass is 10.1. The van der Waals surface area contributed by atoms with Gasteiger partial charge in [-0.2, -0.15) is 5.26 Å². The van der Waals surface area contributed by atoms with Crippen molar-refractivity contribution in [2.45, 2.75) is 19.8 Å². The number of nitrogens with zero attached hydrogens (tertiary/aromatic N) is 2. The van der Waals surface area contributed by atoms with E-state index in [4.69, 9.17) is 5.11 Å². The number of halogens is 1. The van der Waals surface area contributed by atoms with Crippen LogP contribution in [0.5, 0.6) is 0 Å². The standard InChI is InChI=1S/C16H14FN3O3S/c1-9(2-7-13(21)22)15(23)20-16-19-14(12(8-18)24-16)10-3-5-11(17)6-4-10/h3-6,9H,2,7H2,1H3,(H,21,22)(H,19,20,23)/t9-/m1/s1. The first-order chi connectivity index (χ1) is 11.4. The summed E-state index contributed by atoms with van der Waals surface area (Å²) in [6.45, 7) is 1.62. The number of carbonyl (C=O) groups excluding carboxylic acids is 1. The van der Waals surface area contributed by atoms with E-state index in [0.717, 1.165) is 11.3 Å². The highest BCUT2D eigenvalue weighted by atomic mass is 32.1. The van der Waals surface area contributed by atoms with Gasteiger partial charge in [-0.25, -0.2) is 9.37 Å². The molecule has 2 rings (SSSR count). The van der Waals surface area contributed by atoms with Crippen LogP contribution in [-0.2, 0) is 9.59 Å². The second-order valence-electron chi connectivity index (χ2n) is 5.14. The van der Waals surface area contributed by atoms with Crippen LogP contribution >= 0.6 is 11.3 Å². The molecule has 1 heterocycles. The SMILES string of the molecule is C[C@H](CCC(=O)O)C(=O)Nc1nc(-c2ccc(F)cc2)c(C#N)s1. The third-order valence-electron chi connectivity index (χ3n) is 3.32. The first kappa shape index (κ1) is 17.6. The maximum absolute atomic E-state index is 13.0. The Bertz CT molecular complexity index is 796. The number of anilines is 1. The monoisotopic (exact) mass is 347 g/mol. The molecule has 24 heavy (non-hydrogen) atoms. The number of hydrogen-bond donors (Lipinski definition) is 2. The highest BCUT2D eigenvalue weighted by molar-refractivity contribution is 7.16. The minimum Gasteiger partial charge on any atom is -0.481 e. The normalized spacial score (nSPS) is 11.5. The van der Waals surface area contributed by atoms with E-state index in [-0.39, 0.29) is 23.9 Å². The first-order valence-corrected chi connectivity index (χ1v) is 7.92. The summed E-state index contributed by atoms with van der Waals surface area (Å²) in [4.78, 5) is 27.1. The van der Waals surface area contributed by atoms with Gasteiger partial charge in [0.1, 0.15) is 22.5 Å². The maximum Gasteiger partial charge on any atom is 0.303 e. The van der Waals surface area contributed by atoms with Gasteiger partial charge in [-0.1, -0.05) is 18.3 Å². The summed E-state index contributed by atoms with van der Waals surface area (Å²) >= 11 is 1.01. The lowest BCUT2D eigenvalue weighted by Crippen LogP contribution is -2.21. The van der Waals surface area contributed by atoms with Crippen molar-refractivity contribution < 1.29 is 19.1 Å². The van der Waals surface area contributed by atoms with Gasteiger partial charge in [-0.15, -0.1) is 0 Å². The summed E-state index contributed by atoms with van der Waals surface area (Å²) < 4.78 is 13.0. The van der Waals surface area contributed by atoms with Gasteiger partial charge in [-0.05, 0) is 30.7 Å². The molecule has 0 saturated carbocycles. The topological polar surface area (TPSA) is 103 Å². The summed E-state index contributed by atoms with van der Waals surface area (Å²) in [6, 6.07) is 7.55. The van der Waals surface area contributed by atoms with E-state index in [1.807, 2.05) is 6.07 Å². The number of carbonyl (C=O) groups is 2. The van der Waals surface area contributed by atoms with Crippen LogP contribution in [0.2, 0.25) is 0 Å². The summed E-state index contributed by atoms with van der Waals surface area (Å²) in [5.41, 5.74) is 0.944. The van der Waals surface area contributed by atoms with Gasteiger partial charge in [0, 0.05) is 17.9 Å². The van der Waals surface area contributed by atoms with Gasteiger partial charge < -0.3 is 10.4 Å². The molecule has 0 bridgehead atoms. The van der Waals surface area contributed by atoms with E-state index in [1.165, 1.54) is 24.3 Å². The zero-order valence-corrected chi connectivity index (χ0v) is 13.6. The molecule has 0 saturated heterocycles. The molecule has 0 spiro atoms. The molecular weight excluding hydrogens is 333 g/mol. The Labute approximate surface area is 141 Å². The number of carboxylic acids is 1. The Morgan fingerprint density at radius 3 is 2.67 bits per heavy atom. The number of aromatic nitrogens is 1. The van der Waals surface area contributed by atoms with Crippen LogP contribution in [0.1, 0.15) is 24.6 Å². The van der Waals surface area contributed by atoms with Crippen molar-refractivity contribution in [1.29, 1.82) is 5.26 Å². The first-order valence-electron chi connectivity index (χ1n) is 7.10. The average molecular weight is 347 g/mol. The fraction of sp³-hybridized carbons (Fsp3) is 0.250. The summed E-state index contributed by atoms with van der Waals surface area (Å²) in [7, 11) is 0. The van der Waals surface area contributed by atoms with Crippen LogP contribution < -0.4 is 5.32 Å².